The molecular weight excluding hydrogens is 380 g/mol. The molecule has 0 saturated heterocycles. The van der Waals surface area contributed by atoms with E-state index in [-0.39, 0.29) is 29.0 Å². The van der Waals surface area contributed by atoms with Crippen molar-refractivity contribution in [3.63, 3.8) is 0 Å². The molecule has 0 fully saturated rings. The zero-order chi connectivity index (χ0) is 13.8. The lowest BCUT2D eigenvalue weighted by Crippen LogP contribution is -2.03. The number of benzene rings is 1. The number of methoxy groups -OCH3 is 1. The van der Waals surface area contributed by atoms with E-state index in [0.29, 0.717) is 15.6 Å². The van der Waals surface area contributed by atoms with Crippen molar-refractivity contribution in [1.29, 1.82) is 0 Å². The zero-order valence-corrected chi connectivity index (χ0v) is 12.4. The Balaban J connectivity index is 2.77. The maximum Gasteiger partial charge on any atom is 0.446 e. The Morgan fingerprint density at radius 3 is 2.61 bits per heavy atom. The summed E-state index contributed by atoms with van der Waals surface area (Å²) in [5, 5.41) is 0. The number of rotatable bonds is 4. The molecule has 0 aliphatic carbocycles. The van der Waals surface area contributed by atoms with Gasteiger partial charge in [0.15, 0.2) is 0 Å². The topological polar surface area (TPSA) is 26.3 Å². The third kappa shape index (κ3) is 5.94. The lowest BCUT2D eigenvalue weighted by Gasteiger charge is -2.08. The number of esters is 1. The first kappa shape index (κ1) is 15.6. The van der Waals surface area contributed by atoms with Crippen LogP contribution in [0.1, 0.15) is 12.0 Å². The van der Waals surface area contributed by atoms with Crippen LogP contribution in [0.4, 0.5) is 13.2 Å². The molecule has 0 aromatic heterocycles. The molecule has 1 aromatic rings. The van der Waals surface area contributed by atoms with Crippen LogP contribution in [0.2, 0.25) is 0 Å². The first-order chi connectivity index (χ1) is 8.30. The summed E-state index contributed by atoms with van der Waals surface area (Å²) in [6, 6.07) is 4.66. The molecule has 0 heterocycles. The van der Waals surface area contributed by atoms with Gasteiger partial charge in [-0.1, -0.05) is 0 Å². The molecule has 0 amide bonds. The van der Waals surface area contributed by atoms with Crippen molar-refractivity contribution in [2.24, 2.45) is 0 Å². The van der Waals surface area contributed by atoms with Gasteiger partial charge in [0, 0.05) is 14.9 Å². The second-order valence-corrected chi connectivity index (χ2v) is 5.80. The minimum absolute atomic E-state index is 0.134. The summed E-state index contributed by atoms with van der Waals surface area (Å²) in [4.78, 5) is 11.1. The van der Waals surface area contributed by atoms with Gasteiger partial charge in [0.25, 0.3) is 0 Å². The van der Waals surface area contributed by atoms with Crippen LogP contribution >= 0.6 is 34.4 Å². The van der Waals surface area contributed by atoms with Crippen molar-refractivity contribution >= 4 is 40.3 Å². The fourth-order valence-corrected chi connectivity index (χ4v) is 2.92. The van der Waals surface area contributed by atoms with E-state index in [0.717, 1.165) is 0 Å². The monoisotopic (exact) mass is 390 g/mol. The molecule has 0 spiro atoms. The number of alkyl halides is 3. The van der Waals surface area contributed by atoms with E-state index >= 15 is 0 Å². The predicted molar refractivity (Wildman–Crippen MR) is 71.4 cm³/mol. The molecule has 0 atom stereocenters. The third-order valence-electron chi connectivity index (χ3n) is 2.01. The lowest BCUT2D eigenvalue weighted by molar-refractivity contribution is -0.140. The van der Waals surface area contributed by atoms with Crippen molar-refractivity contribution in [2.75, 3.05) is 7.11 Å². The van der Waals surface area contributed by atoms with Crippen LogP contribution in [0.25, 0.3) is 0 Å². The van der Waals surface area contributed by atoms with Gasteiger partial charge in [-0.05, 0) is 64.5 Å². The van der Waals surface area contributed by atoms with Crippen LogP contribution in [0.15, 0.2) is 23.1 Å². The standard InChI is InChI=1S/C11H10F3IO2S/c1-17-10(16)3-2-7-4-8(15)6-9(5-7)18-11(12,13)14/h4-6H,2-3H2,1H3. The molecule has 0 saturated carbocycles. The Morgan fingerprint density at radius 1 is 1.39 bits per heavy atom. The number of ether oxygens (including phenoxy) is 1. The van der Waals surface area contributed by atoms with E-state index in [9.17, 15) is 18.0 Å². The van der Waals surface area contributed by atoms with Gasteiger partial charge in [-0.15, -0.1) is 0 Å². The summed E-state index contributed by atoms with van der Waals surface area (Å²) in [5.74, 6) is -0.376. The largest absolute Gasteiger partial charge is 0.469 e. The Hall–Kier alpha value is -0.440. The van der Waals surface area contributed by atoms with Gasteiger partial charge in [0.05, 0.1) is 7.11 Å². The third-order valence-corrected chi connectivity index (χ3v) is 3.34. The lowest BCUT2D eigenvalue weighted by atomic mass is 10.1. The van der Waals surface area contributed by atoms with Crippen molar-refractivity contribution in [1.82, 2.24) is 0 Å². The maximum atomic E-state index is 12.3. The summed E-state index contributed by atoms with van der Waals surface area (Å²) in [5.41, 5.74) is -3.61. The number of aryl methyl sites for hydroxylation is 1. The molecule has 0 unspecified atom stereocenters. The van der Waals surface area contributed by atoms with Crippen LogP contribution in [0, 0.1) is 3.57 Å². The smallest absolute Gasteiger partial charge is 0.446 e. The second-order valence-electron chi connectivity index (χ2n) is 3.42. The molecule has 0 aliphatic heterocycles. The summed E-state index contributed by atoms with van der Waals surface area (Å²) in [6.45, 7) is 0. The van der Waals surface area contributed by atoms with Gasteiger partial charge in [0.1, 0.15) is 0 Å². The van der Waals surface area contributed by atoms with E-state index in [1.54, 1.807) is 6.07 Å². The first-order valence-electron chi connectivity index (χ1n) is 4.92. The zero-order valence-electron chi connectivity index (χ0n) is 9.38. The first-order valence-corrected chi connectivity index (χ1v) is 6.82. The van der Waals surface area contributed by atoms with E-state index in [2.05, 4.69) is 4.74 Å². The highest BCUT2D eigenvalue weighted by Gasteiger charge is 2.29. The van der Waals surface area contributed by atoms with Crippen LogP contribution in [0.5, 0.6) is 0 Å². The van der Waals surface area contributed by atoms with E-state index in [1.807, 2.05) is 22.6 Å². The van der Waals surface area contributed by atoms with E-state index in [1.165, 1.54) is 19.2 Å². The van der Waals surface area contributed by atoms with Crippen molar-refractivity contribution in [2.45, 2.75) is 23.2 Å². The Morgan fingerprint density at radius 2 is 2.06 bits per heavy atom. The number of carbonyl (C=O) groups is 1. The van der Waals surface area contributed by atoms with Gasteiger partial charge in [-0.2, -0.15) is 13.2 Å². The number of halogens is 4. The summed E-state index contributed by atoms with van der Waals surface area (Å²) in [7, 11) is 1.28. The number of thioether (sulfide) groups is 1. The number of hydrogen-bond acceptors (Lipinski definition) is 3. The van der Waals surface area contributed by atoms with Crippen LogP contribution in [0.3, 0.4) is 0 Å². The highest BCUT2D eigenvalue weighted by Crippen LogP contribution is 2.37. The molecule has 0 aliphatic rings. The summed E-state index contributed by atoms with van der Waals surface area (Å²) >= 11 is 1.80. The Labute approximate surface area is 120 Å². The molecule has 100 valence electrons. The van der Waals surface area contributed by atoms with Crippen LogP contribution in [-0.4, -0.2) is 18.6 Å². The minimum atomic E-state index is -4.30. The molecule has 7 heteroatoms. The average Bonchev–Trinajstić information content (AvgIpc) is 2.22. The van der Waals surface area contributed by atoms with E-state index < -0.39 is 5.51 Å². The minimum Gasteiger partial charge on any atom is -0.469 e. The van der Waals surface area contributed by atoms with E-state index in [4.69, 9.17) is 0 Å². The summed E-state index contributed by atoms with van der Waals surface area (Å²) in [6.07, 6.45) is 0.529. The second kappa shape index (κ2) is 6.65. The fourth-order valence-electron chi connectivity index (χ4n) is 1.31. The fraction of sp³-hybridized carbons (Fsp3) is 0.364. The quantitative estimate of drug-likeness (QED) is 0.442. The highest BCUT2D eigenvalue weighted by molar-refractivity contribution is 14.1. The van der Waals surface area contributed by atoms with Crippen LogP contribution < -0.4 is 0 Å². The number of hydrogen-bond donors (Lipinski definition) is 0. The van der Waals surface area contributed by atoms with Crippen molar-refractivity contribution in [3.8, 4) is 0 Å². The van der Waals surface area contributed by atoms with Gasteiger partial charge in [0.2, 0.25) is 0 Å². The predicted octanol–water partition coefficient (Wildman–Crippen LogP) is 4.01. The summed E-state index contributed by atoms with van der Waals surface area (Å²) < 4.78 is 42.0. The van der Waals surface area contributed by atoms with Gasteiger partial charge in [-0.3, -0.25) is 4.79 Å². The Bertz CT molecular complexity index is 435. The SMILES string of the molecule is COC(=O)CCc1cc(I)cc(SC(F)(F)F)c1. The van der Waals surface area contributed by atoms with Crippen LogP contribution in [-0.2, 0) is 16.0 Å². The molecule has 0 radical (unpaired) electrons. The van der Waals surface area contributed by atoms with Gasteiger partial charge < -0.3 is 4.74 Å². The molecule has 0 bridgehead atoms. The average molecular weight is 390 g/mol. The maximum absolute atomic E-state index is 12.3. The van der Waals surface area contributed by atoms with Gasteiger partial charge in [-0.25, -0.2) is 0 Å². The molecule has 18 heavy (non-hydrogen) atoms. The number of carbonyl (C=O) groups excluding carboxylic acids is 1. The highest BCUT2D eigenvalue weighted by atomic mass is 127. The normalized spacial score (nSPS) is 11.4. The molecular formula is C11H10F3IO2S. The molecule has 1 aromatic carbocycles. The van der Waals surface area contributed by atoms with Crippen molar-refractivity contribution < 1.29 is 22.7 Å². The molecule has 2 nitrogen and oxygen atoms in total. The van der Waals surface area contributed by atoms with Crippen molar-refractivity contribution in [3.05, 3.63) is 27.3 Å². The molecule has 1 rings (SSSR count). The van der Waals surface area contributed by atoms with Gasteiger partial charge >= 0.3 is 11.5 Å². The molecule has 0 N–H and O–H groups in total. The Kier molecular flexibility index (Phi) is 5.77.